The molecule has 0 unspecified atom stereocenters. The van der Waals surface area contributed by atoms with E-state index in [0.29, 0.717) is 41.0 Å². The molecule has 4 heterocycles. The van der Waals surface area contributed by atoms with E-state index >= 15 is 0 Å². The number of carbonyl (C=O) groups is 2. The zero-order chi connectivity index (χ0) is 26.0. The van der Waals surface area contributed by atoms with E-state index in [9.17, 15) is 27.9 Å². The van der Waals surface area contributed by atoms with Crippen molar-refractivity contribution in [3.63, 3.8) is 0 Å². The number of carbonyl (C=O) groups excluding carboxylic acids is 1. The number of thiophene rings is 1. The number of sulfonamides is 1. The number of piperidine rings is 1. The SMILES string of the molecule is Cn1nc(N2CCC(CN3C(=O)CN(S(=O)(=O)/C=C/c4ccc(Cl)s4)C[C@@H]3C(=O)O)CC2)ccc1=O. The number of aryl methyl sites for hydroxylation is 1. The first-order valence-corrected chi connectivity index (χ1v) is 14.0. The van der Waals surface area contributed by atoms with Gasteiger partial charge in [-0.2, -0.15) is 9.40 Å². The minimum Gasteiger partial charge on any atom is -0.480 e. The number of piperazine rings is 1. The predicted octanol–water partition coefficient (Wildman–Crippen LogP) is 1.31. The van der Waals surface area contributed by atoms with Crippen molar-refractivity contribution in [2.75, 3.05) is 37.6 Å². The first-order valence-electron chi connectivity index (χ1n) is 11.3. The highest BCUT2D eigenvalue weighted by molar-refractivity contribution is 7.92. The van der Waals surface area contributed by atoms with E-state index in [4.69, 9.17) is 11.6 Å². The lowest BCUT2D eigenvalue weighted by atomic mass is 9.95. The summed E-state index contributed by atoms with van der Waals surface area (Å²) in [4.78, 5) is 40.5. The summed E-state index contributed by atoms with van der Waals surface area (Å²) >= 11 is 7.08. The number of amides is 1. The largest absolute Gasteiger partial charge is 0.480 e. The molecule has 2 saturated heterocycles. The van der Waals surface area contributed by atoms with Crippen LogP contribution < -0.4 is 10.5 Å². The Morgan fingerprint density at radius 3 is 2.56 bits per heavy atom. The maximum atomic E-state index is 12.9. The van der Waals surface area contributed by atoms with Crippen LogP contribution in [0.4, 0.5) is 5.82 Å². The number of carboxylic acids is 1. The molecular weight excluding hydrogens is 530 g/mol. The monoisotopic (exact) mass is 555 g/mol. The standard InChI is InChI=1S/C22H26ClN5O6S2/c1-25-20(29)5-4-19(24-25)26-9-6-15(7-10-26)12-28-17(22(31)32)13-27(14-21(28)30)36(33,34)11-8-16-2-3-18(23)35-16/h2-5,8,11,15,17H,6-7,9-10,12-14H2,1H3,(H,31,32)/b11-8+/t17-/m1/s1. The second-order valence-corrected chi connectivity index (χ2v) is 12.3. The number of halogens is 1. The number of nitrogens with zero attached hydrogens (tertiary/aromatic N) is 5. The fraction of sp³-hybridized carbons (Fsp3) is 0.455. The summed E-state index contributed by atoms with van der Waals surface area (Å²) in [7, 11) is -2.42. The molecule has 2 fully saturated rings. The molecule has 194 valence electrons. The van der Waals surface area contributed by atoms with Crippen LogP contribution in [0.25, 0.3) is 6.08 Å². The number of anilines is 1. The maximum absolute atomic E-state index is 12.9. The lowest BCUT2D eigenvalue weighted by Gasteiger charge is -2.41. The molecule has 2 aromatic heterocycles. The summed E-state index contributed by atoms with van der Waals surface area (Å²) in [6, 6.07) is 5.18. The number of aliphatic carboxylic acids is 1. The Morgan fingerprint density at radius 1 is 1.22 bits per heavy atom. The molecule has 2 aromatic rings. The van der Waals surface area contributed by atoms with Crippen LogP contribution in [0.15, 0.2) is 34.5 Å². The Hall–Kier alpha value is -2.74. The molecule has 2 aliphatic rings. The molecule has 1 N–H and O–H groups in total. The highest BCUT2D eigenvalue weighted by atomic mass is 35.5. The molecule has 1 amide bonds. The van der Waals surface area contributed by atoms with Crippen LogP contribution in [0.1, 0.15) is 17.7 Å². The summed E-state index contributed by atoms with van der Waals surface area (Å²) in [5, 5.41) is 15.0. The van der Waals surface area contributed by atoms with E-state index in [-0.39, 0.29) is 24.6 Å². The van der Waals surface area contributed by atoms with Crippen LogP contribution in [0.5, 0.6) is 0 Å². The number of rotatable bonds is 7. The highest BCUT2D eigenvalue weighted by Gasteiger charge is 2.41. The van der Waals surface area contributed by atoms with Crippen LogP contribution in [0, 0.1) is 5.92 Å². The first kappa shape index (κ1) is 26.3. The Morgan fingerprint density at radius 2 is 1.94 bits per heavy atom. The van der Waals surface area contributed by atoms with Crippen LogP contribution in [-0.4, -0.2) is 83.2 Å². The second-order valence-electron chi connectivity index (χ2n) is 8.77. The van der Waals surface area contributed by atoms with Gasteiger partial charge in [-0.25, -0.2) is 17.9 Å². The van der Waals surface area contributed by atoms with E-state index < -0.39 is 34.5 Å². The van der Waals surface area contributed by atoms with Gasteiger partial charge < -0.3 is 14.9 Å². The van der Waals surface area contributed by atoms with Crippen LogP contribution in [0.3, 0.4) is 0 Å². The zero-order valence-corrected chi connectivity index (χ0v) is 21.9. The molecule has 14 heteroatoms. The van der Waals surface area contributed by atoms with Gasteiger partial charge in [0.15, 0.2) is 0 Å². The van der Waals surface area contributed by atoms with Gasteiger partial charge in [0.05, 0.1) is 10.9 Å². The highest BCUT2D eigenvalue weighted by Crippen LogP contribution is 2.26. The number of hydrogen-bond donors (Lipinski definition) is 1. The van der Waals surface area contributed by atoms with Gasteiger partial charge in [0.25, 0.3) is 5.56 Å². The van der Waals surface area contributed by atoms with Crippen molar-refractivity contribution < 1.29 is 23.1 Å². The van der Waals surface area contributed by atoms with Crippen molar-refractivity contribution in [3.8, 4) is 0 Å². The summed E-state index contributed by atoms with van der Waals surface area (Å²) in [5.74, 6) is -1.03. The van der Waals surface area contributed by atoms with Gasteiger partial charge in [0.2, 0.25) is 15.9 Å². The Kier molecular flexibility index (Phi) is 7.83. The average Bonchev–Trinajstić information content (AvgIpc) is 3.26. The number of aromatic nitrogens is 2. The van der Waals surface area contributed by atoms with Crippen molar-refractivity contribution in [1.29, 1.82) is 0 Å². The van der Waals surface area contributed by atoms with Gasteiger partial charge in [0.1, 0.15) is 11.9 Å². The van der Waals surface area contributed by atoms with Gasteiger partial charge in [0, 0.05) is 49.6 Å². The van der Waals surface area contributed by atoms with Crippen molar-refractivity contribution in [2.45, 2.75) is 18.9 Å². The lowest BCUT2D eigenvalue weighted by Crippen LogP contribution is -2.61. The van der Waals surface area contributed by atoms with E-state index in [1.165, 1.54) is 33.1 Å². The average molecular weight is 556 g/mol. The van der Waals surface area contributed by atoms with Gasteiger partial charge in [-0.05, 0) is 43.0 Å². The fourth-order valence-electron chi connectivity index (χ4n) is 4.34. The van der Waals surface area contributed by atoms with Gasteiger partial charge in [-0.3, -0.25) is 9.59 Å². The maximum Gasteiger partial charge on any atom is 0.327 e. The molecule has 0 saturated carbocycles. The zero-order valence-electron chi connectivity index (χ0n) is 19.5. The van der Waals surface area contributed by atoms with Crippen molar-refractivity contribution in [3.05, 3.63) is 49.2 Å². The van der Waals surface area contributed by atoms with E-state index in [1.807, 2.05) is 4.90 Å². The molecule has 0 spiro atoms. The van der Waals surface area contributed by atoms with E-state index in [1.54, 1.807) is 25.2 Å². The van der Waals surface area contributed by atoms with Crippen molar-refractivity contribution >= 4 is 56.7 Å². The molecule has 0 aliphatic carbocycles. The molecule has 36 heavy (non-hydrogen) atoms. The Labute approximate surface area is 217 Å². The van der Waals surface area contributed by atoms with Crippen molar-refractivity contribution in [1.82, 2.24) is 19.0 Å². The molecular formula is C22H26ClN5O6S2. The normalized spacial score (nSPS) is 20.4. The summed E-state index contributed by atoms with van der Waals surface area (Å²) in [6.45, 7) is 0.797. The third-order valence-electron chi connectivity index (χ3n) is 6.37. The summed E-state index contributed by atoms with van der Waals surface area (Å²) in [5.41, 5.74) is -0.195. The quantitative estimate of drug-likeness (QED) is 0.540. The van der Waals surface area contributed by atoms with Gasteiger partial charge >= 0.3 is 5.97 Å². The van der Waals surface area contributed by atoms with Gasteiger partial charge in [-0.15, -0.1) is 11.3 Å². The van der Waals surface area contributed by atoms with Crippen molar-refractivity contribution in [2.24, 2.45) is 13.0 Å². The summed E-state index contributed by atoms with van der Waals surface area (Å²) in [6.07, 6.45) is 2.79. The Bertz CT molecular complexity index is 1330. The molecule has 0 bridgehead atoms. The predicted molar refractivity (Wildman–Crippen MR) is 136 cm³/mol. The molecule has 11 nitrogen and oxygen atoms in total. The second kappa shape index (κ2) is 10.7. The third-order valence-corrected chi connectivity index (χ3v) is 9.04. The van der Waals surface area contributed by atoms with Crippen LogP contribution in [-0.2, 0) is 26.7 Å². The smallest absolute Gasteiger partial charge is 0.327 e. The molecule has 4 rings (SSSR count). The van der Waals surface area contributed by atoms with Crippen LogP contribution in [0.2, 0.25) is 4.34 Å². The minimum absolute atomic E-state index is 0.0613. The fourth-order valence-corrected chi connectivity index (χ4v) is 6.52. The lowest BCUT2D eigenvalue weighted by molar-refractivity contribution is -0.154. The Balaban J connectivity index is 1.39. The molecule has 0 radical (unpaired) electrons. The number of carboxylic acid groups (broad SMARTS) is 1. The molecule has 2 aliphatic heterocycles. The third kappa shape index (κ3) is 5.97. The van der Waals surface area contributed by atoms with Crippen LogP contribution >= 0.6 is 22.9 Å². The topological polar surface area (TPSA) is 133 Å². The molecule has 0 aromatic carbocycles. The van der Waals surface area contributed by atoms with Gasteiger partial charge in [-0.1, -0.05) is 11.6 Å². The number of hydrogen-bond acceptors (Lipinski definition) is 8. The molecule has 1 atom stereocenters. The first-order chi connectivity index (χ1) is 17.0. The van der Waals surface area contributed by atoms with E-state index in [0.717, 1.165) is 9.71 Å². The van der Waals surface area contributed by atoms with E-state index in [2.05, 4.69) is 5.10 Å². The minimum atomic E-state index is -4.01. The summed E-state index contributed by atoms with van der Waals surface area (Å²) < 4.78 is 28.3.